The SMILES string of the molecule is CCCCc1ccc(-n2nc3cc(C)c(NC(=S)NC(=O)C(C)Oc4ccc(Cl)cc4Cl)cc3n2)cc1. The molecule has 2 N–H and O–H groups in total. The zero-order chi connectivity index (χ0) is 26.5. The van der Waals surface area contributed by atoms with E-state index in [1.54, 1.807) is 29.9 Å². The van der Waals surface area contributed by atoms with Crippen LogP contribution in [0.25, 0.3) is 16.7 Å². The summed E-state index contributed by atoms with van der Waals surface area (Å²) in [6.45, 7) is 5.73. The van der Waals surface area contributed by atoms with Crippen LogP contribution < -0.4 is 15.4 Å². The van der Waals surface area contributed by atoms with Crippen LogP contribution in [0.4, 0.5) is 5.69 Å². The van der Waals surface area contributed by atoms with Gasteiger partial charge in [-0.05, 0) is 92.5 Å². The standard InChI is InChI=1S/C27H27Cl2N5O2S/c1-4-5-6-18-7-10-20(11-8-18)34-32-23-13-16(2)22(15-24(23)33-34)30-27(37)31-26(35)17(3)36-25-12-9-19(28)14-21(25)29/h7-15,17H,4-6H2,1-3H3,(H2,30,31,35,37). The van der Waals surface area contributed by atoms with Crippen LogP contribution in [0.3, 0.4) is 0 Å². The van der Waals surface area contributed by atoms with E-state index in [2.05, 4.69) is 39.9 Å². The maximum atomic E-state index is 12.6. The number of thiocarbonyl (C=S) groups is 1. The first-order chi connectivity index (χ1) is 17.7. The average Bonchev–Trinajstić information content (AvgIpc) is 3.27. The summed E-state index contributed by atoms with van der Waals surface area (Å²) in [5, 5.41) is 15.9. The van der Waals surface area contributed by atoms with Crippen molar-refractivity contribution in [2.24, 2.45) is 0 Å². The lowest BCUT2D eigenvalue weighted by Gasteiger charge is -2.17. The number of rotatable bonds is 8. The summed E-state index contributed by atoms with van der Waals surface area (Å²) in [6, 6.07) is 16.9. The normalized spacial score (nSPS) is 11.8. The molecule has 0 fully saturated rings. The van der Waals surface area contributed by atoms with Gasteiger partial charge in [0.15, 0.2) is 11.2 Å². The summed E-state index contributed by atoms with van der Waals surface area (Å²) in [6.07, 6.45) is 2.57. The summed E-state index contributed by atoms with van der Waals surface area (Å²) in [7, 11) is 0. The van der Waals surface area contributed by atoms with Crippen LogP contribution >= 0.6 is 35.4 Å². The number of benzene rings is 3. The summed E-state index contributed by atoms with van der Waals surface area (Å²) in [4.78, 5) is 14.2. The minimum Gasteiger partial charge on any atom is -0.479 e. The lowest BCUT2D eigenvalue weighted by molar-refractivity contribution is -0.125. The molecular weight excluding hydrogens is 529 g/mol. The number of carbonyl (C=O) groups is 1. The van der Waals surface area contributed by atoms with E-state index in [4.69, 9.17) is 40.2 Å². The van der Waals surface area contributed by atoms with Crippen molar-refractivity contribution in [2.45, 2.75) is 46.1 Å². The highest BCUT2D eigenvalue weighted by Crippen LogP contribution is 2.28. The maximum absolute atomic E-state index is 12.6. The molecule has 0 saturated heterocycles. The Labute approximate surface area is 231 Å². The van der Waals surface area contributed by atoms with Crippen molar-refractivity contribution in [3.05, 3.63) is 75.8 Å². The molecule has 7 nitrogen and oxygen atoms in total. The van der Waals surface area contributed by atoms with Gasteiger partial charge in [0, 0.05) is 10.7 Å². The van der Waals surface area contributed by atoms with Crippen LogP contribution in [-0.4, -0.2) is 32.1 Å². The number of aromatic nitrogens is 3. The predicted molar refractivity (Wildman–Crippen MR) is 153 cm³/mol. The number of unbranched alkanes of at least 4 members (excludes halogenated alkanes) is 1. The van der Waals surface area contributed by atoms with Crippen molar-refractivity contribution >= 4 is 63.2 Å². The fourth-order valence-electron chi connectivity index (χ4n) is 3.68. The van der Waals surface area contributed by atoms with Gasteiger partial charge in [-0.1, -0.05) is 48.7 Å². The maximum Gasteiger partial charge on any atom is 0.266 e. The molecule has 3 aromatic carbocycles. The van der Waals surface area contributed by atoms with Gasteiger partial charge in [0.2, 0.25) is 0 Å². The monoisotopic (exact) mass is 555 g/mol. The molecule has 192 valence electrons. The Bertz CT molecular complexity index is 1440. The molecule has 10 heteroatoms. The van der Waals surface area contributed by atoms with Crippen LogP contribution in [0.5, 0.6) is 5.75 Å². The van der Waals surface area contributed by atoms with Crippen LogP contribution in [0.1, 0.15) is 37.8 Å². The second kappa shape index (κ2) is 11.9. The Morgan fingerprint density at radius 1 is 1.08 bits per heavy atom. The smallest absolute Gasteiger partial charge is 0.266 e. The molecule has 0 spiro atoms. The van der Waals surface area contributed by atoms with Crippen LogP contribution in [-0.2, 0) is 11.2 Å². The Morgan fingerprint density at radius 3 is 2.46 bits per heavy atom. The second-order valence-electron chi connectivity index (χ2n) is 8.69. The summed E-state index contributed by atoms with van der Waals surface area (Å²) in [5.41, 5.74) is 5.27. The first-order valence-corrected chi connectivity index (χ1v) is 13.1. The minimum atomic E-state index is -0.838. The molecule has 1 amide bonds. The van der Waals surface area contributed by atoms with Gasteiger partial charge >= 0.3 is 0 Å². The molecule has 0 saturated carbocycles. The van der Waals surface area contributed by atoms with E-state index in [-0.39, 0.29) is 5.11 Å². The molecule has 37 heavy (non-hydrogen) atoms. The summed E-state index contributed by atoms with van der Waals surface area (Å²) in [5.74, 6) is -0.0665. The second-order valence-corrected chi connectivity index (χ2v) is 9.95. The third kappa shape index (κ3) is 6.77. The number of fused-ring (bicyclic) bond motifs is 1. The van der Waals surface area contributed by atoms with Crippen LogP contribution in [0.2, 0.25) is 10.0 Å². The van der Waals surface area contributed by atoms with Crippen LogP contribution in [0.15, 0.2) is 54.6 Å². The molecule has 1 unspecified atom stereocenters. The number of nitrogens with zero attached hydrogens (tertiary/aromatic N) is 3. The van der Waals surface area contributed by atoms with Gasteiger partial charge in [-0.15, -0.1) is 10.2 Å². The van der Waals surface area contributed by atoms with E-state index in [0.717, 1.165) is 23.2 Å². The Hall–Kier alpha value is -3.20. The largest absolute Gasteiger partial charge is 0.479 e. The Balaban J connectivity index is 1.41. The molecule has 0 radical (unpaired) electrons. The highest BCUT2D eigenvalue weighted by Gasteiger charge is 2.18. The van der Waals surface area contributed by atoms with E-state index in [1.807, 2.05) is 31.2 Å². The van der Waals surface area contributed by atoms with Gasteiger partial charge in [-0.2, -0.15) is 4.80 Å². The van der Waals surface area contributed by atoms with Gasteiger partial charge in [0.25, 0.3) is 5.91 Å². The van der Waals surface area contributed by atoms with Crippen molar-refractivity contribution in [1.29, 1.82) is 0 Å². The van der Waals surface area contributed by atoms with Crippen molar-refractivity contribution in [3.8, 4) is 11.4 Å². The van der Waals surface area contributed by atoms with Gasteiger partial charge in [-0.25, -0.2) is 0 Å². The molecule has 0 aliphatic heterocycles. The predicted octanol–water partition coefficient (Wildman–Crippen LogP) is 6.66. The quantitative estimate of drug-likeness (QED) is 0.236. The molecule has 0 aliphatic rings. The number of hydrogen-bond donors (Lipinski definition) is 2. The minimum absolute atomic E-state index is 0.139. The van der Waals surface area contributed by atoms with E-state index >= 15 is 0 Å². The number of carbonyl (C=O) groups excluding carboxylic acids is 1. The highest BCUT2D eigenvalue weighted by molar-refractivity contribution is 7.80. The third-order valence-corrected chi connectivity index (χ3v) is 6.50. The fraction of sp³-hybridized carbons (Fsp3) is 0.259. The Morgan fingerprint density at radius 2 is 1.78 bits per heavy atom. The molecule has 4 aromatic rings. The van der Waals surface area contributed by atoms with E-state index in [0.29, 0.717) is 27.0 Å². The van der Waals surface area contributed by atoms with Gasteiger partial charge < -0.3 is 10.1 Å². The number of halogens is 2. The number of aryl methyl sites for hydroxylation is 2. The number of amides is 1. The first-order valence-electron chi connectivity index (χ1n) is 11.9. The molecule has 0 bridgehead atoms. The lowest BCUT2D eigenvalue weighted by atomic mass is 10.1. The molecule has 1 aromatic heterocycles. The van der Waals surface area contributed by atoms with Crippen molar-refractivity contribution in [1.82, 2.24) is 20.3 Å². The molecule has 1 atom stereocenters. The highest BCUT2D eigenvalue weighted by atomic mass is 35.5. The zero-order valence-electron chi connectivity index (χ0n) is 20.7. The number of ether oxygens (including phenoxy) is 1. The van der Waals surface area contributed by atoms with Crippen molar-refractivity contribution < 1.29 is 9.53 Å². The average molecular weight is 557 g/mol. The fourth-order valence-corrected chi connectivity index (χ4v) is 4.34. The molecular formula is C27H27Cl2N5O2S. The summed E-state index contributed by atoms with van der Waals surface area (Å²) < 4.78 is 5.65. The van der Waals surface area contributed by atoms with E-state index < -0.39 is 12.0 Å². The zero-order valence-corrected chi connectivity index (χ0v) is 23.0. The topological polar surface area (TPSA) is 81.1 Å². The molecule has 0 aliphatic carbocycles. The van der Waals surface area contributed by atoms with Gasteiger partial charge in [-0.3, -0.25) is 10.1 Å². The van der Waals surface area contributed by atoms with Gasteiger partial charge in [0.1, 0.15) is 16.8 Å². The Kier molecular flexibility index (Phi) is 8.63. The number of nitrogens with one attached hydrogen (secondary N) is 2. The van der Waals surface area contributed by atoms with Crippen molar-refractivity contribution in [2.75, 3.05) is 5.32 Å². The van der Waals surface area contributed by atoms with Crippen molar-refractivity contribution in [3.63, 3.8) is 0 Å². The lowest BCUT2D eigenvalue weighted by Crippen LogP contribution is -2.42. The molecule has 1 heterocycles. The molecule has 4 rings (SSSR count). The summed E-state index contributed by atoms with van der Waals surface area (Å²) >= 11 is 17.4. The van der Waals surface area contributed by atoms with Gasteiger partial charge in [0.05, 0.1) is 10.7 Å². The number of anilines is 1. The van der Waals surface area contributed by atoms with Crippen LogP contribution in [0, 0.1) is 6.92 Å². The van der Waals surface area contributed by atoms with E-state index in [9.17, 15) is 4.79 Å². The van der Waals surface area contributed by atoms with E-state index in [1.165, 1.54) is 18.4 Å². The first kappa shape index (κ1) is 26.9. The third-order valence-electron chi connectivity index (χ3n) is 5.76. The number of hydrogen-bond acceptors (Lipinski definition) is 5.